The number of benzene rings is 1. The lowest BCUT2D eigenvalue weighted by molar-refractivity contribution is -0.143. The quantitative estimate of drug-likeness (QED) is 0.485. The van der Waals surface area contributed by atoms with E-state index in [1.54, 1.807) is 6.92 Å². The van der Waals surface area contributed by atoms with E-state index in [1.807, 2.05) is 64.1 Å². The molecule has 1 aliphatic rings. The third kappa shape index (κ3) is 4.29. The Balaban J connectivity index is 1.89. The van der Waals surface area contributed by atoms with Crippen LogP contribution in [0.25, 0.3) is 11.3 Å². The Morgan fingerprint density at radius 3 is 2.25 bits per heavy atom. The van der Waals surface area contributed by atoms with Gasteiger partial charge < -0.3 is 18.5 Å². The molecule has 1 saturated heterocycles. The van der Waals surface area contributed by atoms with E-state index in [0.717, 1.165) is 5.56 Å². The summed E-state index contributed by atoms with van der Waals surface area (Å²) >= 11 is 5.97. The van der Waals surface area contributed by atoms with E-state index in [4.69, 9.17) is 30.1 Å². The molecule has 7 heteroatoms. The Kier molecular flexibility index (Phi) is 5.94. The molecule has 150 valence electrons. The lowest BCUT2D eigenvalue weighted by atomic mass is 9.68. The fourth-order valence-corrected chi connectivity index (χ4v) is 3.23. The highest BCUT2D eigenvalue weighted by atomic mass is 35.5. The number of hydrogen-bond acceptors (Lipinski definition) is 5. The lowest BCUT2D eigenvalue weighted by Gasteiger charge is -2.32. The summed E-state index contributed by atoms with van der Waals surface area (Å²) in [5, 5.41) is 0.660. The van der Waals surface area contributed by atoms with Gasteiger partial charge in [0.25, 0.3) is 0 Å². The molecule has 2 heterocycles. The van der Waals surface area contributed by atoms with Crippen molar-refractivity contribution in [2.45, 2.75) is 58.1 Å². The van der Waals surface area contributed by atoms with Crippen LogP contribution in [-0.4, -0.2) is 30.9 Å². The summed E-state index contributed by atoms with van der Waals surface area (Å²) in [6, 6.07) is 11.1. The van der Waals surface area contributed by atoms with Crippen LogP contribution >= 0.6 is 11.6 Å². The molecule has 1 atom stereocenters. The molecule has 5 nitrogen and oxygen atoms in total. The predicted octanol–water partition coefficient (Wildman–Crippen LogP) is 5.27. The van der Waals surface area contributed by atoms with Gasteiger partial charge in [-0.25, -0.2) is 0 Å². The highest BCUT2D eigenvalue weighted by molar-refractivity contribution is 6.48. The molecular formula is C21H26BClO5. The van der Waals surface area contributed by atoms with E-state index in [9.17, 15) is 4.79 Å². The van der Waals surface area contributed by atoms with Crippen LogP contribution in [0, 0.1) is 0 Å². The van der Waals surface area contributed by atoms with E-state index in [0.29, 0.717) is 23.2 Å². The zero-order valence-corrected chi connectivity index (χ0v) is 17.7. The second-order valence-corrected chi connectivity index (χ2v) is 8.39. The molecule has 1 aliphatic heterocycles. The Bertz CT molecular complexity index is 812. The van der Waals surface area contributed by atoms with Gasteiger partial charge in [-0.3, -0.25) is 4.79 Å². The van der Waals surface area contributed by atoms with Crippen LogP contribution in [0.2, 0.25) is 5.02 Å². The third-order valence-electron chi connectivity index (χ3n) is 5.41. The molecule has 3 rings (SSSR count). The average Bonchev–Trinajstić information content (AvgIpc) is 3.16. The standard InChI is InChI=1S/C21H26BClO5/c1-6-25-19(24)13-16(22-27-20(2,3)21(4,5)28-22)18-12-11-17(26-18)14-7-9-15(23)10-8-14/h7-12,16H,6,13H2,1-5H3. The van der Waals surface area contributed by atoms with E-state index in [1.165, 1.54) is 0 Å². The topological polar surface area (TPSA) is 57.9 Å². The summed E-state index contributed by atoms with van der Waals surface area (Å²) < 4.78 is 23.6. The van der Waals surface area contributed by atoms with Crippen molar-refractivity contribution in [1.82, 2.24) is 0 Å². The van der Waals surface area contributed by atoms with Gasteiger partial charge in [0.1, 0.15) is 11.5 Å². The van der Waals surface area contributed by atoms with Crippen LogP contribution in [0.4, 0.5) is 0 Å². The van der Waals surface area contributed by atoms with E-state index in [2.05, 4.69) is 0 Å². The highest BCUT2D eigenvalue weighted by Gasteiger charge is 2.55. The number of carbonyl (C=O) groups excluding carboxylic acids is 1. The molecule has 0 spiro atoms. The molecular weight excluding hydrogens is 378 g/mol. The molecule has 0 aliphatic carbocycles. The van der Waals surface area contributed by atoms with Crippen LogP contribution in [-0.2, 0) is 18.8 Å². The van der Waals surface area contributed by atoms with Crippen molar-refractivity contribution in [2.75, 3.05) is 6.61 Å². The molecule has 0 bridgehead atoms. The Morgan fingerprint density at radius 2 is 1.68 bits per heavy atom. The summed E-state index contributed by atoms with van der Waals surface area (Å²) in [7, 11) is -0.612. The minimum Gasteiger partial charge on any atom is -0.466 e. The highest BCUT2D eigenvalue weighted by Crippen LogP contribution is 2.42. The number of esters is 1. The first kappa shape index (κ1) is 21.0. The van der Waals surface area contributed by atoms with E-state index in [-0.39, 0.29) is 12.4 Å². The SMILES string of the molecule is CCOC(=O)CC(B1OC(C)(C)C(C)(C)O1)c1ccc(-c2ccc(Cl)cc2)o1. The number of carbonyl (C=O) groups is 1. The first-order chi connectivity index (χ1) is 13.1. The monoisotopic (exact) mass is 404 g/mol. The lowest BCUT2D eigenvalue weighted by Crippen LogP contribution is -2.41. The predicted molar refractivity (Wildman–Crippen MR) is 109 cm³/mol. The van der Waals surface area contributed by atoms with Gasteiger partial charge in [0.15, 0.2) is 0 Å². The fourth-order valence-electron chi connectivity index (χ4n) is 3.10. The smallest absolute Gasteiger partial charge is 0.466 e. The molecule has 0 amide bonds. The van der Waals surface area contributed by atoms with Gasteiger partial charge >= 0.3 is 13.1 Å². The largest absolute Gasteiger partial charge is 0.469 e. The molecule has 28 heavy (non-hydrogen) atoms. The van der Waals surface area contributed by atoms with Crippen molar-refractivity contribution in [3.8, 4) is 11.3 Å². The summed E-state index contributed by atoms with van der Waals surface area (Å²) in [4.78, 5) is 12.2. The van der Waals surface area contributed by atoms with Gasteiger partial charge in [-0.2, -0.15) is 0 Å². The number of hydrogen-bond donors (Lipinski definition) is 0. The Morgan fingerprint density at radius 1 is 1.07 bits per heavy atom. The molecule has 0 radical (unpaired) electrons. The summed E-state index contributed by atoms with van der Waals surface area (Å²) in [6.07, 6.45) is 0.109. The second kappa shape index (κ2) is 7.93. The number of furan rings is 1. The first-order valence-electron chi connectivity index (χ1n) is 9.50. The van der Waals surface area contributed by atoms with Gasteiger partial charge in [-0.1, -0.05) is 11.6 Å². The van der Waals surface area contributed by atoms with Crippen molar-refractivity contribution in [3.05, 3.63) is 47.2 Å². The van der Waals surface area contributed by atoms with Gasteiger partial charge in [0.2, 0.25) is 0 Å². The molecule has 1 fully saturated rings. The minimum absolute atomic E-state index is 0.109. The second-order valence-electron chi connectivity index (χ2n) is 7.95. The van der Waals surface area contributed by atoms with Gasteiger partial charge in [0, 0.05) is 10.6 Å². The van der Waals surface area contributed by atoms with Crippen LogP contribution in [0.1, 0.15) is 52.6 Å². The molecule has 1 aromatic carbocycles. The molecule has 1 unspecified atom stereocenters. The Labute approximate surface area is 171 Å². The maximum Gasteiger partial charge on any atom is 0.469 e. The van der Waals surface area contributed by atoms with Crippen molar-refractivity contribution in [2.24, 2.45) is 0 Å². The van der Waals surface area contributed by atoms with E-state index >= 15 is 0 Å². The number of ether oxygens (including phenoxy) is 1. The molecule has 0 saturated carbocycles. The van der Waals surface area contributed by atoms with Crippen LogP contribution < -0.4 is 0 Å². The van der Waals surface area contributed by atoms with Gasteiger partial charge in [-0.15, -0.1) is 0 Å². The van der Waals surface area contributed by atoms with Crippen LogP contribution in [0.5, 0.6) is 0 Å². The zero-order chi connectivity index (χ0) is 20.5. The van der Waals surface area contributed by atoms with Crippen molar-refractivity contribution < 1.29 is 23.3 Å². The zero-order valence-electron chi connectivity index (χ0n) is 17.0. The maximum absolute atomic E-state index is 12.2. The van der Waals surface area contributed by atoms with Crippen molar-refractivity contribution >= 4 is 24.7 Å². The Hall–Kier alpha value is -1.76. The average molecular weight is 405 g/mol. The first-order valence-corrected chi connectivity index (χ1v) is 9.87. The van der Waals surface area contributed by atoms with Crippen molar-refractivity contribution in [3.63, 3.8) is 0 Å². The van der Waals surface area contributed by atoms with Gasteiger partial charge in [0.05, 0.1) is 30.0 Å². The van der Waals surface area contributed by atoms with E-state index < -0.39 is 24.1 Å². The van der Waals surface area contributed by atoms with Crippen LogP contribution in [0.3, 0.4) is 0 Å². The minimum atomic E-state index is -0.612. The van der Waals surface area contributed by atoms with Gasteiger partial charge in [-0.05, 0) is 71.0 Å². The summed E-state index contributed by atoms with van der Waals surface area (Å²) in [5.41, 5.74) is -0.105. The summed E-state index contributed by atoms with van der Waals surface area (Å²) in [5.74, 6) is 0.585. The molecule has 1 aromatic heterocycles. The van der Waals surface area contributed by atoms with Crippen LogP contribution in [0.15, 0.2) is 40.8 Å². The maximum atomic E-state index is 12.2. The normalized spacial score (nSPS) is 18.9. The number of halogens is 1. The fraction of sp³-hybridized carbons (Fsp3) is 0.476. The third-order valence-corrected chi connectivity index (χ3v) is 5.66. The summed E-state index contributed by atoms with van der Waals surface area (Å²) in [6.45, 7) is 10.0. The molecule has 0 N–H and O–H groups in total. The van der Waals surface area contributed by atoms with Crippen molar-refractivity contribution in [1.29, 1.82) is 0 Å². The molecule has 2 aromatic rings. The number of rotatable bonds is 6.